The SMILES string of the molecule is NC1CCC(Nc2cc3c(cc2Cl)OCCO3)C1. The van der Waals surface area contributed by atoms with Crippen molar-refractivity contribution in [3.05, 3.63) is 17.2 Å². The predicted octanol–water partition coefficient (Wildman–Crippen LogP) is 2.40. The van der Waals surface area contributed by atoms with Crippen LogP contribution in [0.15, 0.2) is 12.1 Å². The number of benzene rings is 1. The molecular formula is C13H17ClN2O2. The molecule has 1 aromatic rings. The minimum atomic E-state index is 0.304. The van der Waals surface area contributed by atoms with Gasteiger partial charge < -0.3 is 20.5 Å². The van der Waals surface area contributed by atoms with E-state index in [0.29, 0.717) is 30.3 Å². The molecule has 1 aromatic carbocycles. The molecule has 0 aromatic heterocycles. The number of ether oxygens (including phenoxy) is 2. The second-order valence-electron chi connectivity index (χ2n) is 4.89. The fourth-order valence-corrected chi connectivity index (χ4v) is 2.75. The molecule has 1 aliphatic heterocycles. The molecule has 2 aliphatic rings. The van der Waals surface area contributed by atoms with Gasteiger partial charge in [-0.1, -0.05) is 11.6 Å². The van der Waals surface area contributed by atoms with E-state index in [0.717, 1.165) is 36.4 Å². The second-order valence-corrected chi connectivity index (χ2v) is 5.30. The summed E-state index contributed by atoms with van der Waals surface area (Å²) in [5, 5.41) is 4.11. The molecule has 0 radical (unpaired) electrons. The minimum absolute atomic E-state index is 0.304. The van der Waals surface area contributed by atoms with Gasteiger partial charge >= 0.3 is 0 Å². The highest BCUT2D eigenvalue weighted by molar-refractivity contribution is 6.33. The average molecular weight is 269 g/mol. The van der Waals surface area contributed by atoms with Crippen LogP contribution >= 0.6 is 11.6 Å². The van der Waals surface area contributed by atoms with Crippen molar-refractivity contribution in [2.24, 2.45) is 5.73 Å². The van der Waals surface area contributed by atoms with Crippen LogP contribution in [0.25, 0.3) is 0 Å². The average Bonchev–Trinajstić information content (AvgIpc) is 2.76. The predicted molar refractivity (Wildman–Crippen MR) is 71.7 cm³/mol. The van der Waals surface area contributed by atoms with Crippen LogP contribution in [0, 0.1) is 0 Å². The molecule has 3 rings (SSSR count). The summed E-state index contributed by atoms with van der Waals surface area (Å²) in [7, 11) is 0. The third-order valence-electron chi connectivity index (χ3n) is 3.46. The number of rotatable bonds is 2. The van der Waals surface area contributed by atoms with Crippen molar-refractivity contribution in [3.63, 3.8) is 0 Å². The van der Waals surface area contributed by atoms with Gasteiger partial charge in [-0.3, -0.25) is 0 Å². The van der Waals surface area contributed by atoms with Crippen molar-refractivity contribution in [1.29, 1.82) is 0 Å². The summed E-state index contributed by atoms with van der Waals surface area (Å²) in [5.74, 6) is 1.48. The number of anilines is 1. The molecule has 1 fully saturated rings. The highest BCUT2D eigenvalue weighted by Crippen LogP contribution is 2.38. The highest BCUT2D eigenvalue weighted by atomic mass is 35.5. The summed E-state index contributed by atoms with van der Waals surface area (Å²) < 4.78 is 11.0. The van der Waals surface area contributed by atoms with E-state index < -0.39 is 0 Å². The lowest BCUT2D eigenvalue weighted by atomic mass is 10.2. The van der Waals surface area contributed by atoms with Gasteiger partial charge in [-0.25, -0.2) is 0 Å². The van der Waals surface area contributed by atoms with E-state index in [9.17, 15) is 0 Å². The van der Waals surface area contributed by atoms with Gasteiger partial charge in [-0.05, 0) is 19.3 Å². The Hall–Kier alpha value is -1.13. The molecule has 2 unspecified atom stereocenters. The summed E-state index contributed by atoms with van der Waals surface area (Å²) in [6.07, 6.45) is 3.15. The first-order valence-electron chi connectivity index (χ1n) is 6.33. The second kappa shape index (κ2) is 4.86. The standard InChI is InChI=1S/C13H17ClN2O2/c14-10-6-12-13(18-4-3-17-12)7-11(10)16-9-2-1-8(15)5-9/h6-9,16H,1-5,15H2. The smallest absolute Gasteiger partial charge is 0.163 e. The molecular weight excluding hydrogens is 252 g/mol. The van der Waals surface area contributed by atoms with Gasteiger partial charge in [-0.2, -0.15) is 0 Å². The lowest BCUT2D eigenvalue weighted by molar-refractivity contribution is 0.171. The molecule has 0 amide bonds. The maximum absolute atomic E-state index is 6.25. The zero-order chi connectivity index (χ0) is 12.5. The Morgan fingerprint density at radius 1 is 1.17 bits per heavy atom. The summed E-state index contributed by atoms with van der Waals surface area (Å²) in [4.78, 5) is 0. The number of hydrogen-bond acceptors (Lipinski definition) is 4. The van der Waals surface area contributed by atoms with Crippen molar-refractivity contribution >= 4 is 17.3 Å². The van der Waals surface area contributed by atoms with Gasteiger partial charge in [0.2, 0.25) is 0 Å². The maximum atomic E-state index is 6.25. The van der Waals surface area contributed by atoms with Crippen molar-refractivity contribution in [1.82, 2.24) is 0 Å². The molecule has 0 spiro atoms. The summed E-state index contributed by atoms with van der Waals surface area (Å²) >= 11 is 6.25. The van der Waals surface area contributed by atoms with Crippen LogP contribution in [0.4, 0.5) is 5.69 Å². The van der Waals surface area contributed by atoms with E-state index in [2.05, 4.69) is 5.32 Å². The summed E-state index contributed by atoms with van der Waals surface area (Å²) in [6, 6.07) is 4.44. The highest BCUT2D eigenvalue weighted by Gasteiger charge is 2.23. The molecule has 18 heavy (non-hydrogen) atoms. The molecule has 3 N–H and O–H groups in total. The zero-order valence-electron chi connectivity index (χ0n) is 10.1. The van der Waals surface area contributed by atoms with E-state index in [-0.39, 0.29) is 0 Å². The van der Waals surface area contributed by atoms with E-state index in [4.69, 9.17) is 26.8 Å². The third-order valence-corrected chi connectivity index (χ3v) is 3.78. The van der Waals surface area contributed by atoms with Crippen molar-refractivity contribution in [2.45, 2.75) is 31.3 Å². The van der Waals surface area contributed by atoms with E-state index in [1.54, 1.807) is 0 Å². The fraction of sp³-hybridized carbons (Fsp3) is 0.538. The monoisotopic (exact) mass is 268 g/mol. The Labute approximate surface area is 111 Å². The topological polar surface area (TPSA) is 56.5 Å². The number of halogens is 1. The molecule has 98 valence electrons. The molecule has 4 nitrogen and oxygen atoms in total. The first-order valence-corrected chi connectivity index (χ1v) is 6.71. The zero-order valence-corrected chi connectivity index (χ0v) is 10.9. The Bertz CT molecular complexity index is 453. The Balaban J connectivity index is 1.79. The quantitative estimate of drug-likeness (QED) is 0.865. The van der Waals surface area contributed by atoms with Crippen molar-refractivity contribution < 1.29 is 9.47 Å². The van der Waals surface area contributed by atoms with Gasteiger partial charge in [0.1, 0.15) is 13.2 Å². The lowest BCUT2D eigenvalue weighted by Crippen LogP contribution is -2.21. The number of nitrogens with one attached hydrogen (secondary N) is 1. The van der Waals surface area contributed by atoms with Crippen LogP contribution < -0.4 is 20.5 Å². The number of hydrogen-bond donors (Lipinski definition) is 2. The fourth-order valence-electron chi connectivity index (χ4n) is 2.54. The molecule has 5 heteroatoms. The van der Waals surface area contributed by atoms with Gasteiger partial charge in [0.25, 0.3) is 0 Å². The van der Waals surface area contributed by atoms with Crippen LogP contribution in [0.3, 0.4) is 0 Å². The first kappa shape index (κ1) is 11.9. The first-order chi connectivity index (χ1) is 8.72. The summed E-state index contributed by atoms with van der Waals surface area (Å²) in [6.45, 7) is 1.16. The Kier molecular flexibility index (Phi) is 3.22. The molecule has 2 atom stereocenters. The van der Waals surface area contributed by atoms with Gasteiger partial charge in [-0.15, -0.1) is 0 Å². The Morgan fingerprint density at radius 2 is 1.89 bits per heavy atom. The molecule has 1 saturated carbocycles. The van der Waals surface area contributed by atoms with Crippen LogP contribution in [0.2, 0.25) is 5.02 Å². The lowest BCUT2D eigenvalue weighted by Gasteiger charge is -2.21. The van der Waals surface area contributed by atoms with Gasteiger partial charge in [0.15, 0.2) is 11.5 Å². The van der Waals surface area contributed by atoms with Crippen LogP contribution in [-0.2, 0) is 0 Å². The van der Waals surface area contributed by atoms with Crippen LogP contribution in [-0.4, -0.2) is 25.3 Å². The van der Waals surface area contributed by atoms with Crippen LogP contribution in [0.1, 0.15) is 19.3 Å². The molecule has 1 heterocycles. The minimum Gasteiger partial charge on any atom is -0.486 e. The Morgan fingerprint density at radius 3 is 2.56 bits per heavy atom. The van der Waals surface area contributed by atoms with E-state index in [1.807, 2.05) is 12.1 Å². The normalized spacial score (nSPS) is 26.1. The maximum Gasteiger partial charge on any atom is 0.163 e. The van der Waals surface area contributed by atoms with Gasteiger partial charge in [0.05, 0.1) is 10.7 Å². The largest absolute Gasteiger partial charge is 0.486 e. The van der Waals surface area contributed by atoms with E-state index >= 15 is 0 Å². The number of nitrogens with two attached hydrogens (primary N) is 1. The summed E-state index contributed by atoms with van der Waals surface area (Å²) in [5.41, 5.74) is 6.81. The van der Waals surface area contributed by atoms with E-state index in [1.165, 1.54) is 0 Å². The number of fused-ring (bicyclic) bond motifs is 1. The third kappa shape index (κ3) is 2.35. The van der Waals surface area contributed by atoms with Crippen molar-refractivity contribution in [2.75, 3.05) is 18.5 Å². The molecule has 1 aliphatic carbocycles. The van der Waals surface area contributed by atoms with Crippen LogP contribution in [0.5, 0.6) is 11.5 Å². The molecule has 0 bridgehead atoms. The molecule has 0 saturated heterocycles. The van der Waals surface area contributed by atoms with Crippen molar-refractivity contribution in [3.8, 4) is 11.5 Å². The van der Waals surface area contributed by atoms with Gasteiger partial charge in [0, 0.05) is 24.2 Å².